The lowest BCUT2D eigenvalue weighted by molar-refractivity contribution is 0.0685. The maximum atomic E-state index is 11.3. The molecule has 0 aromatic heterocycles. The Bertz CT molecular complexity index is 727. The second-order valence-electron chi connectivity index (χ2n) is 4.89. The van der Waals surface area contributed by atoms with Crippen molar-refractivity contribution in [2.24, 2.45) is 0 Å². The average molecular weight is 332 g/mol. The van der Waals surface area contributed by atoms with Crippen molar-refractivity contribution < 1.29 is 24.5 Å². The topological polar surface area (TPSA) is 83.8 Å². The molecule has 0 heterocycles. The minimum atomic E-state index is -1.01. The highest BCUT2D eigenvalue weighted by atomic mass is 32.1. The van der Waals surface area contributed by atoms with E-state index >= 15 is 0 Å². The number of hydrogen-bond donors (Lipinski definition) is 3. The predicted molar refractivity (Wildman–Crippen MR) is 88.7 cm³/mol. The monoisotopic (exact) mass is 332 g/mol. The zero-order chi connectivity index (χ0) is 16.8. The van der Waals surface area contributed by atoms with Crippen LogP contribution in [0.4, 0.5) is 0 Å². The van der Waals surface area contributed by atoms with Crippen molar-refractivity contribution in [3.05, 3.63) is 64.7 Å². The van der Waals surface area contributed by atoms with Gasteiger partial charge in [-0.1, -0.05) is 18.2 Å². The van der Waals surface area contributed by atoms with Crippen LogP contribution in [0.15, 0.2) is 42.5 Å². The lowest BCUT2D eigenvalue weighted by atomic mass is 10.0. The SMILES string of the molecule is O=C(O)c1cccc(COc2ccc(CCS)c(C(=O)O)c2)c1. The molecule has 2 N–H and O–H groups in total. The molecule has 0 saturated heterocycles. The van der Waals surface area contributed by atoms with E-state index in [1.54, 1.807) is 24.3 Å². The third kappa shape index (κ3) is 4.50. The van der Waals surface area contributed by atoms with Crippen LogP contribution in [0.1, 0.15) is 31.8 Å². The normalized spacial score (nSPS) is 10.3. The van der Waals surface area contributed by atoms with E-state index in [4.69, 9.17) is 9.84 Å². The minimum Gasteiger partial charge on any atom is -0.489 e. The third-order valence-corrected chi connectivity index (χ3v) is 3.50. The van der Waals surface area contributed by atoms with Gasteiger partial charge in [-0.2, -0.15) is 12.6 Å². The number of benzene rings is 2. The van der Waals surface area contributed by atoms with Crippen LogP contribution in [0.25, 0.3) is 0 Å². The van der Waals surface area contributed by atoms with E-state index in [2.05, 4.69) is 12.6 Å². The molecule has 0 aliphatic heterocycles. The molecule has 0 radical (unpaired) electrons. The van der Waals surface area contributed by atoms with Crippen molar-refractivity contribution in [2.45, 2.75) is 13.0 Å². The molecule has 6 heteroatoms. The summed E-state index contributed by atoms with van der Waals surface area (Å²) in [4.78, 5) is 22.2. The largest absolute Gasteiger partial charge is 0.489 e. The molecule has 23 heavy (non-hydrogen) atoms. The molecule has 2 aromatic carbocycles. The van der Waals surface area contributed by atoms with Crippen LogP contribution in [-0.4, -0.2) is 27.9 Å². The first kappa shape index (κ1) is 16.9. The molecule has 0 unspecified atom stereocenters. The van der Waals surface area contributed by atoms with Crippen molar-refractivity contribution in [3.8, 4) is 5.75 Å². The number of carboxylic acid groups (broad SMARTS) is 2. The fourth-order valence-corrected chi connectivity index (χ4v) is 2.38. The van der Waals surface area contributed by atoms with Gasteiger partial charge in [0.25, 0.3) is 0 Å². The number of carboxylic acids is 2. The van der Waals surface area contributed by atoms with E-state index in [9.17, 15) is 14.7 Å². The number of hydrogen-bond acceptors (Lipinski definition) is 4. The van der Waals surface area contributed by atoms with Crippen molar-refractivity contribution >= 4 is 24.6 Å². The lowest BCUT2D eigenvalue weighted by Gasteiger charge is -2.10. The van der Waals surface area contributed by atoms with E-state index in [0.29, 0.717) is 29.1 Å². The van der Waals surface area contributed by atoms with Gasteiger partial charge in [0.05, 0.1) is 11.1 Å². The molecule has 0 aliphatic rings. The summed E-state index contributed by atoms with van der Waals surface area (Å²) in [6, 6.07) is 11.3. The highest BCUT2D eigenvalue weighted by molar-refractivity contribution is 7.80. The molecule has 0 aliphatic carbocycles. The molecule has 0 bridgehead atoms. The van der Waals surface area contributed by atoms with Gasteiger partial charge in [-0.15, -0.1) is 0 Å². The zero-order valence-corrected chi connectivity index (χ0v) is 13.1. The number of aryl methyl sites for hydroxylation is 1. The maximum absolute atomic E-state index is 11.3. The highest BCUT2D eigenvalue weighted by Crippen LogP contribution is 2.20. The Labute approximate surface area is 138 Å². The van der Waals surface area contributed by atoms with Gasteiger partial charge in [0.2, 0.25) is 0 Å². The summed E-state index contributed by atoms with van der Waals surface area (Å²) in [7, 11) is 0. The standard InChI is InChI=1S/C17H16O5S/c18-16(19)13-3-1-2-11(8-13)10-22-14-5-4-12(6-7-23)15(9-14)17(20)21/h1-5,8-9,23H,6-7,10H2,(H,18,19)(H,20,21). The van der Waals surface area contributed by atoms with Gasteiger partial charge < -0.3 is 14.9 Å². The number of rotatable bonds is 7. The summed E-state index contributed by atoms with van der Waals surface area (Å²) in [5, 5.41) is 18.2. The van der Waals surface area contributed by atoms with Gasteiger partial charge in [-0.25, -0.2) is 9.59 Å². The van der Waals surface area contributed by atoms with Crippen LogP contribution >= 0.6 is 12.6 Å². The Morgan fingerprint density at radius 2 is 1.83 bits per heavy atom. The second-order valence-corrected chi connectivity index (χ2v) is 5.34. The van der Waals surface area contributed by atoms with Gasteiger partial charge in [-0.3, -0.25) is 0 Å². The summed E-state index contributed by atoms with van der Waals surface area (Å²) >= 11 is 4.12. The van der Waals surface area contributed by atoms with Crippen molar-refractivity contribution in [2.75, 3.05) is 5.75 Å². The second kappa shape index (κ2) is 7.69. The molecule has 0 fully saturated rings. The molecular formula is C17H16O5S. The lowest BCUT2D eigenvalue weighted by Crippen LogP contribution is -2.05. The molecule has 2 rings (SSSR count). The molecule has 0 spiro atoms. The van der Waals surface area contributed by atoms with Gasteiger partial charge in [0.15, 0.2) is 0 Å². The number of ether oxygens (including phenoxy) is 1. The highest BCUT2D eigenvalue weighted by Gasteiger charge is 2.11. The molecule has 0 saturated carbocycles. The maximum Gasteiger partial charge on any atom is 0.336 e. The Hall–Kier alpha value is -2.47. The van der Waals surface area contributed by atoms with E-state index in [1.807, 2.05) is 0 Å². The van der Waals surface area contributed by atoms with Crippen LogP contribution < -0.4 is 4.74 Å². The fourth-order valence-electron chi connectivity index (χ4n) is 2.14. The van der Waals surface area contributed by atoms with Gasteiger partial charge in [0, 0.05) is 0 Å². The van der Waals surface area contributed by atoms with Gasteiger partial charge in [0.1, 0.15) is 12.4 Å². The quantitative estimate of drug-likeness (QED) is 0.679. The van der Waals surface area contributed by atoms with E-state index in [1.165, 1.54) is 18.2 Å². The van der Waals surface area contributed by atoms with Crippen LogP contribution in [0.2, 0.25) is 0 Å². The Morgan fingerprint density at radius 1 is 1.04 bits per heavy atom. The first-order chi connectivity index (χ1) is 11.0. The average Bonchev–Trinajstić information content (AvgIpc) is 2.54. The molecule has 0 amide bonds. The summed E-state index contributed by atoms with van der Waals surface area (Å²) in [6.45, 7) is 0.159. The molecule has 5 nitrogen and oxygen atoms in total. The van der Waals surface area contributed by atoms with E-state index < -0.39 is 11.9 Å². The first-order valence-electron chi connectivity index (χ1n) is 6.93. The molecule has 2 aromatic rings. The Balaban J connectivity index is 2.14. The number of thiol groups is 1. The van der Waals surface area contributed by atoms with Crippen LogP contribution in [-0.2, 0) is 13.0 Å². The summed E-state index contributed by atoms with van der Waals surface area (Å²) in [5.41, 5.74) is 1.77. The minimum absolute atomic E-state index is 0.159. The molecule has 120 valence electrons. The van der Waals surface area contributed by atoms with Crippen molar-refractivity contribution in [1.82, 2.24) is 0 Å². The van der Waals surface area contributed by atoms with Gasteiger partial charge >= 0.3 is 11.9 Å². The van der Waals surface area contributed by atoms with Crippen LogP contribution in [0.3, 0.4) is 0 Å². The van der Waals surface area contributed by atoms with Gasteiger partial charge in [-0.05, 0) is 47.6 Å². The number of carbonyl (C=O) groups is 2. The molecule has 0 atom stereocenters. The molecular weight excluding hydrogens is 316 g/mol. The summed E-state index contributed by atoms with van der Waals surface area (Å²) in [6.07, 6.45) is 0.561. The van der Waals surface area contributed by atoms with Crippen LogP contribution in [0, 0.1) is 0 Å². The Kier molecular flexibility index (Phi) is 5.65. The summed E-state index contributed by atoms with van der Waals surface area (Å²) in [5.74, 6) is -1.04. The first-order valence-corrected chi connectivity index (χ1v) is 7.56. The smallest absolute Gasteiger partial charge is 0.336 e. The third-order valence-electron chi connectivity index (χ3n) is 3.27. The van der Waals surface area contributed by atoms with E-state index in [-0.39, 0.29) is 17.7 Å². The fraction of sp³-hybridized carbons (Fsp3) is 0.176. The Morgan fingerprint density at radius 3 is 2.48 bits per heavy atom. The predicted octanol–water partition coefficient (Wildman–Crippen LogP) is 3.13. The summed E-state index contributed by atoms with van der Waals surface area (Å²) < 4.78 is 5.58. The van der Waals surface area contributed by atoms with Crippen LogP contribution in [0.5, 0.6) is 5.75 Å². The number of aromatic carboxylic acids is 2. The van der Waals surface area contributed by atoms with Crippen molar-refractivity contribution in [3.63, 3.8) is 0 Å². The van der Waals surface area contributed by atoms with E-state index in [0.717, 1.165) is 0 Å². The zero-order valence-electron chi connectivity index (χ0n) is 12.2. The van der Waals surface area contributed by atoms with Crippen molar-refractivity contribution in [1.29, 1.82) is 0 Å².